The number of ether oxygens (including phenoxy) is 1. The van der Waals surface area contributed by atoms with E-state index in [2.05, 4.69) is 16.0 Å². The van der Waals surface area contributed by atoms with Gasteiger partial charge in [0.25, 0.3) is 0 Å². The van der Waals surface area contributed by atoms with Gasteiger partial charge in [0.15, 0.2) is 0 Å². The van der Waals surface area contributed by atoms with E-state index in [1.165, 1.54) is 12.1 Å². The Balaban J connectivity index is 1.31. The largest absolute Gasteiger partial charge is 0.489 e. The van der Waals surface area contributed by atoms with Gasteiger partial charge < -0.3 is 9.64 Å². The molecule has 5 rings (SSSR count). The van der Waals surface area contributed by atoms with Crippen molar-refractivity contribution in [2.75, 3.05) is 19.6 Å². The van der Waals surface area contributed by atoms with E-state index < -0.39 is 0 Å². The van der Waals surface area contributed by atoms with Crippen molar-refractivity contribution in [1.29, 1.82) is 0 Å². The Morgan fingerprint density at radius 1 is 1.09 bits per heavy atom. The maximum Gasteiger partial charge on any atom is 0.219 e. The van der Waals surface area contributed by atoms with Gasteiger partial charge in [0.05, 0.1) is 0 Å². The molecule has 1 aromatic heterocycles. The first-order valence-electron chi connectivity index (χ1n) is 11.9. The fourth-order valence-corrected chi connectivity index (χ4v) is 5.53. The molecule has 1 amide bonds. The zero-order chi connectivity index (χ0) is 23.5. The molecule has 2 aromatic carbocycles. The highest BCUT2D eigenvalue weighted by atomic mass is 19.1. The van der Waals surface area contributed by atoms with Gasteiger partial charge in [-0.3, -0.25) is 14.7 Å². The molecule has 0 aliphatic carbocycles. The average Bonchev–Trinajstić information content (AvgIpc) is 3.24. The first-order chi connectivity index (χ1) is 16.6. The Morgan fingerprint density at radius 2 is 1.91 bits per heavy atom. The topological polar surface area (TPSA) is 45.7 Å². The molecule has 2 saturated heterocycles. The lowest BCUT2D eigenvalue weighted by atomic mass is 9.81. The molecule has 176 valence electrons. The SMILES string of the molecule is CC(=O)N1C[C@H](c2ccc(F)cc2)[C@H]2CN(Cc3ccccc3OCc3cccnc3)CC[C@H]21. The standard InChI is InChI=1S/C28H30FN3O2/c1-20(33)32-18-25(22-8-10-24(29)11-9-22)26-17-31(14-12-27(26)32)16-23-6-2-3-7-28(23)34-19-21-5-4-13-30-15-21/h2-11,13,15,25-27H,12,14,16-19H2,1H3/t25-,26-,27-/m1/s1. The highest BCUT2D eigenvalue weighted by Crippen LogP contribution is 2.42. The summed E-state index contributed by atoms with van der Waals surface area (Å²) in [4.78, 5) is 21.0. The van der Waals surface area contributed by atoms with Crippen LogP contribution >= 0.6 is 0 Å². The number of benzene rings is 2. The van der Waals surface area contributed by atoms with Crippen LogP contribution in [0.4, 0.5) is 4.39 Å². The number of amides is 1. The van der Waals surface area contributed by atoms with Crippen LogP contribution in [-0.4, -0.2) is 46.4 Å². The Hall–Kier alpha value is -3.25. The summed E-state index contributed by atoms with van der Waals surface area (Å²) in [6, 6.07) is 19.2. The normalized spacial score (nSPS) is 22.4. The molecule has 0 unspecified atom stereocenters. The lowest BCUT2D eigenvalue weighted by Crippen LogP contribution is -2.47. The van der Waals surface area contributed by atoms with Crippen molar-refractivity contribution in [1.82, 2.24) is 14.8 Å². The van der Waals surface area contributed by atoms with Crippen LogP contribution < -0.4 is 4.74 Å². The molecular formula is C28H30FN3O2. The molecule has 3 heterocycles. The molecule has 3 atom stereocenters. The quantitative estimate of drug-likeness (QED) is 0.539. The summed E-state index contributed by atoms with van der Waals surface area (Å²) < 4.78 is 19.7. The van der Waals surface area contributed by atoms with Gasteiger partial charge in [0, 0.05) is 74.5 Å². The van der Waals surface area contributed by atoms with Gasteiger partial charge in [-0.15, -0.1) is 0 Å². The maximum atomic E-state index is 13.5. The van der Waals surface area contributed by atoms with E-state index in [0.29, 0.717) is 19.1 Å². The third kappa shape index (κ3) is 4.82. The van der Waals surface area contributed by atoms with E-state index in [4.69, 9.17) is 4.74 Å². The van der Waals surface area contributed by atoms with Crippen molar-refractivity contribution in [2.24, 2.45) is 5.92 Å². The second-order valence-corrected chi connectivity index (χ2v) is 9.34. The fraction of sp³-hybridized carbons (Fsp3) is 0.357. The summed E-state index contributed by atoms with van der Waals surface area (Å²) in [6.07, 6.45) is 4.53. The van der Waals surface area contributed by atoms with Crippen molar-refractivity contribution >= 4 is 5.91 Å². The molecule has 0 spiro atoms. The Labute approximate surface area is 200 Å². The van der Waals surface area contributed by atoms with Gasteiger partial charge >= 0.3 is 0 Å². The molecule has 5 nitrogen and oxygen atoms in total. The van der Waals surface area contributed by atoms with E-state index in [-0.39, 0.29) is 23.7 Å². The van der Waals surface area contributed by atoms with Crippen LogP contribution in [0.15, 0.2) is 73.1 Å². The number of fused-ring (bicyclic) bond motifs is 1. The number of carbonyl (C=O) groups excluding carboxylic acids is 1. The van der Waals surface area contributed by atoms with Gasteiger partial charge in [0.1, 0.15) is 18.2 Å². The lowest BCUT2D eigenvalue weighted by Gasteiger charge is -2.39. The smallest absolute Gasteiger partial charge is 0.219 e. The number of pyridine rings is 1. The Bertz CT molecular complexity index is 1120. The molecule has 6 heteroatoms. The Morgan fingerprint density at radius 3 is 2.68 bits per heavy atom. The van der Waals surface area contributed by atoms with Crippen LogP contribution in [-0.2, 0) is 17.9 Å². The van der Waals surface area contributed by atoms with Crippen molar-refractivity contribution in [3.05, 3.63) is 95.6 Å². The van der Waals surface area contributed by atoms with E-state index in [0.717, 1.165) is 48.5 Å². The number of para-hydroxylation sites is 1. The molecule has 0 bridgehead atoms. The summed E-state index contributed by atoms with van der Waals surface area (Å²) in [7, 11) is 0. The number of piperidine rings is 1. The van der Waals surface area contributed by atoms with E-state index in [1.54, 1.807) is 13.1 Å². The number of likely N-dealkylation sites (tertiary alicyclic amines) is 2. The minimum atomic E-state index is -0.227. The van der Waals surface area contributed by atoms with Gasteiger partial charge in [-0.1, -0.05) is 36.4 Å². The number of nitrogens with zero attached hydrogens (tertiary/aromatic N) is 3. The molecule has 2 fully saturated rings. The molecule has 0 radical (unpaired) electrons. The van der Waals surface area contributed by atoms with Crippen LogP contribution in [0.5, 0.6) is 5.75 Å². The van der Waals surface area contributed by atoms with Crippen molar-refractivity contribution < 1.29 is 13.9 Å². The fourth-order valence-electron chi connectivity index (χ4n) is 5.53. The zero-order valence-electron chi connectivity index (χ0n) is 19.4. The van der Waals surface area contributed by atoms with E-state index >= 15 is 0 Å². The van der Waals surface area contributed by atoms with Gasteiger partial charge in [-0.05, 0) is 36.2 Å². The van der Waals surface area contributed by atoms with Crippen LogP contribution in [0.1, 0.15) is 36.0 Å². The molecule has 0 N–H and O–H groups in total. The zero-order valence-corrected chi connectivity index (χ0v) is 19.4. The predicted octanol–water partition coefficient (Wildman–Crippen LogP) is 4.64. The molecular weight excluding hydrogens is 429 g/mol. The van der Waals surface area contributed by atoms with Gasteiger partial charge in [-0.2, -0.15) is 0 Å². The number of hydrogen-bond donors (Lipinski definition) is 0. The lowest BCUT2D eigenvalue weighted by molar-refractivity contribution is -0.130. The third-order valence-corrected chi connectivity index (χ3v) is 7.20. The summed E-state index contributed by atoms with van der Waals surface area (Å²) in [5.74, 6) is 1.33. The number of rotatable bonds is 6. The number of carbonyl (C=O) groups is 1. The number of hydrogen-bond acceptors (Lipinski definition) is 4. The molecule has 2 aliphatic rings. The van der Waals surface area contributed by atoms with E-state index in [1.807, 2.05) is 53.6 Å². The van der Waals surface area contributed by atoms with E-state index in [9.17, 15) is 9.18 Å². The summed E-state index contributed by atoms with van der Waals surface area (Å²) in [6.45, 7) is 5.46. The highest BCUT2D eigenvalue weighted by Gasteiger charge is 2.46. The highest BCUT2D eigenvalue weighted by molar-refractivity contribution is 5.74. The predicted molar refractivity (Wildman–Crippen MR) is 129 cm³/mol. The molecule has 3 aromatic rings. The molecule has 34 heavy (non-hydrogen) atoms. The summed E-state index contributed by atoms with van der Waals surface area (Å²) in [5, 5.41) is 0. The second-order valence-electron chi connectivity index (χ2n) is 9.34. The molecule has 2 aliphatic heterocycles. The number of halogens is 1. The maximum absolute atomic E-state index is 13.5. The average molecular weight is 460 g/mol. The molecule has 0 saturated carbocycles. The van der Waals surface area contributed by atoms with Crippen molar-refractivity contribution in [3.8, 4) is 5.75 Å². The van der Waals surface area contributed by atoms with Crippen molar-refractivity contribution in [3.63, 3.8) is 0 Å². The van der Waals surface area contributed by atoms with Crippen LogP contribution in [0.2, 0.25) is 0 Å². The van der Waals surface area contributed by atoms with Crippen LogP contribution in [0.25, 0.3) is 0 Å². The first kappa shape index (κ1) is 22.5. The van der Waals surface area contributed by atoms with Gasteiger partial charge in [0.2, 0.25) is 5.91 Å². The van der Waals surface area contributed by atoms with Crippen LogP contribution in [0, 0.1) is 11.7 Å². The van der Waals surface area contributed by atoms with Crippen LogP contribution in [0.3, 0.4) is 0 Å². The number of aromatic nitrogens is 1. The summed E-state index contributed by atoms with van der Waals surface area (Å²) >= 11 is 0. The van der Waals surface area contributed by atoms with Gasteiger partial charge in [-0.25, -0.2) is 4.39 Å². The van der Waals surface area contributed by atoms with Crippen molar-refractivity contribution in [2.45, 2.75) is 38.5 Å². The third-order valence-electron chi connectivity index (χ3n) is 7.20. The monoisotopic (exact) mass is 459 g/mol. The Kier molecular flexibility index (Phi) is 6.59. The first-order valence-corrected chi connectivity index (χ1v) is 11.9. The minimum absolute atomic E-state index is 0.127. The minimum Gasteiger partial charge on any atom is -0.489 e. The summed E-state index contributed by atoms with van der Waals surface area (Å²) in [5.41, 5.74) is 3.31. The second kappa shape index (κ2) is 9.94.